The lowest BCUT2D eigenvalue weighted by atomic mass is 10.2. The lowest BCUT2D eigenvalue weighted by Crippen LogP contribution is -2.14. The third kappa shape index (κ3) is 3.31. The van der Waals surface area contributed by atoms with E-state index in [0.717, 1.165) is 0 Å². The Morgan fingerprint density at radius 2 is 2.24 bits per heavy atom. The quantitative estimate of drug-likeness (QED) is 0.252. The van der Waals surface area contributed by atoms with Gasteiger partial charge in [0, 0.05) is 18.6 Å². The van der Waals surface area contributed by atoms with Gasteiger partial charge in [0.1, 0.15) is 0 Å². The molecule has 17 heavy (non-hydrogen) atoms. The van der Waals surface area contributed by atoms with Gasteiger partial charge in [0.25, 0.3) is 0 Å². The number of benzene rings is 1. The fourth-order valence-corrected chi connectivity index (χ4v) is 1.67. The van der Waals surface area contributed by atoms with Crippen LogP contribution in [-0.2, 0) is 0 Å². The Bertz CT molecular complexity index is 426. The van der Waals surface area contributed by atoms with Crippen molar-refractivity contribution in [3.8, 4) is 5.75 Å². The first-order chi connectivity index (χ1) is 8.11. The number of aliphatic hydroxyl groups excluding tert-OH is 1. The van der Waals surface area contributed by atoms with Crippen molar-refractivity contribution < 1.29 is 19.4 Å². The number of hydrogen-bond donors (Lipinski definition) is 3. The van der Waals surface area contributed by atoms with Gasteiger partial charge in [-0.3, -0.25) is 0 Å². The van der Waals surface area contributed by atoms with Crippen molar-refractivity contribution in [2.75, 3.05) is 13.2 Å². The zero-order valence-electron chi connectivity index (χ0n) is 8.86. The predicted molar refractivity (Wildman–Crippen MR) is 63.8 cm³/mol. The number of amidine groups is 1. The Morgan fingerprint density at radius 1 is 1.53 bits per heavy atom. The normalized spacial score (nSPS) is 11.6. The minimum Gasteiger partial charge on any atom is -0.490 e. The second kappa shape index (κ2) is 6.41. The van der Waals surface area contributed by atoms with E-state index in [-0.39, 0.29) is 34.8 Å². The van der Waals surface area contributed by atoms with E-state index in [0.29, 0.717) is 6.42 Å². The van der Waals surface area contributed by atoms with Crippen molar-refractivity contribution in [1.82, 2.24) is 0 Å². The molecule has 0 aliphatic rings. The van der Waals surface area contributed by atoms with Crippen LogP contribution >= 0.6 is 15.9 Å². The topological polar surface area (TPSA) is 88.1 Å². The second-order valence-corrected chi connectivity index (χ2v) is 3.94. The van der Waals surface area contributed by atoms with Gasteiger partial charge in [-0.1, -0.05) is 5.16 Å². The molecule has 0 fully saturated rings. The summed E-state index contributed by atoms with van der Waals surface area (Å²) in [4.78, 5) is 0. The number of ether oxygens (including phenoxy) is 1. The van der Waals surface area contributed by atoms with Crippen LogP contribution < -0.4 is 10.5 Å². The fraction of sp³-hybridized carbons (Fsp3) is 0.300. The van der Waals surface area contributed by atoms with E-state index >= 15 is 0 Å². The maximum absolute atomic E-state index is 13.8. The van der Waals surface area contributed by atoms with Crippen LogP contribution in [0.3, 0.4) is 0 Å². The van der Waals surface area contributed by atoms with Crippen LogP contribution in [0.15, 0.2) is 21.8 Å². The smallest absolute Gasteiger partial charge is 0.179 e. The lowest BCUT2D eigenvalue weighted by molar-refractivity contribution is 0.228. The molecule has 0 saturated carbocycles. The average Bonchev–Trinajstić information content (AvgIpc) is 2.34. The lowest BCUT2D eigenvalue weighted by Gasteiger charge is -2.10. The highest BCUT2D eigenvalue weighted by molar-refractivity contribution is 9.10. The summed E-state index contributed by atoms with van der Waals surface area (Å²) in [6.45, 7) is 0.188. The van der Waals surface area contributed by atoms with Crippen molar-refractivity contribution in [1.29, 1.82) is 0 Å². The molecule has 0 aromatic heterocycles. The maximum atomic E-state index is 13.8. The van der Waals surface area contributed by atoms with Crippen LogP contribution in [0.4, 0.5) is 4.39 Å². The summed E-state index contributed by atoms with van der Waals surface area (Å²) >= 11 is 3.01. The summed E-state index contributed by atoms with van der Waals surface area (Å²) in [7, 11) is 0. The van der Waals surface area contributed by atoms with E-state index < -0.39 is 5.82 Å². The molecule has 0 aliphatic heterocycles. The maximum Gasteiger partial charge on any atom is 0.179 e. The average molecular weight is 307 g/mol. The van der Waals surface area contributed by atoms with Crippen LogP contribution in [0, 0.1) is 5.82 Å². The molecule has 0 heterocycles. The largest absolute Gasteiger partial charge is 0.490 e. The molecular weight excluding hydrogens is 295 g/mol. The Hall–Kier alpha value is -1.34. The molecule has 0 unspecified atom stereocenters. The Kier molecular flexibility index (Phi) is 5.17. The molecule has 1 rings (SSSR count). The van der Waals surface area contributed by atoms with E-state index in [4.69, 9.17) is 20.8 Å². The van der Waals surface area contributed by atoms with Gasteiger partial charge >= 0.3 is 0 Å². The SMILES string of the molecule is N/C(=N/O)c1ccc(OCCCO)c(F)c1Br. The molecule has 94 valence electrons. The molecule has 1 aromatic rings. The molecule has 4 N–H and O–H groups in total. The summed E-state index contributed by atoms with van der Waals surface area (Å²) in [5, 5.41) is 19.9. The summed E-state index contributed by atoms with van der Waals surface area (Å²) in [5.74, 6) is -0.787. The fourth-order valence-electron chi connectivity index (χ4n) is 1.14. The summed E-state index contributed by atoms with van der Waals surface area (Å²) in [6, 6.07) is 2.85. The molecule has 0 spiro atoms. The molecule has 0 atom stereocenters. The van der Waals surface area contributed by atoms with Crippen LogP contribution in [0.2, 0.25) is 0 Å². The van der Waals surface area contributed by atoms with Crippen molar-refractivity contribution in [3.05, 3.63) is 28.0 Å². The third-order valence-electron chi connectivity index (χ3n) is 1.99. The number of hydrogen-bond acceptors (Lipinski definition) is 4. The van der Waals surface area contributed by atoms with Gasteiger partial charge in [-0.05, 0) is 28.1 Å². The van der Waals surface area contributed by atoms with Gasteiger partial charge in [-0.25, -0.2) is 4.39 Å². The van der Waals surface area contributed by atoms with Crippen LogP contribution in [0.1, 0.15) is 12.0 Å². The molecule has 0 amide bonds. The van der Waals surface area contributed by atoms with E-state index in [1.807, 2.05) is 0 Å². The van der Waals surface area contributed by atoms with Gasteiger partial charge in [0.05, 0.1) is 11.1 Å². The standard InChI is InChI=1S/C10H12BrFN2O3/c11-8-6(10(13)14-16)2-3-7(9(8)12)17-5-1-4-15/h2-3,15-16H,1,4-5H2,(H2,13,14). The van der Waals surface area contributed by atoms with Crippen LogP contribution in [0.5, 0.6) is 5.75 Å². The first-order valence-electron chi connectivity index (χ1n) is 4.81. The van der Waals surface area contributed by atoms with Gasteiger partial charge < -0.3 is 20.8 Å². The van der Waals surface area contributed by atoms with Crippen molar-refractivity contribution in [2.45, 2.75) is 6.42 Å². The highest BCUT2D eigenvalue weighted by Gasteiger charge is 2.14. The molecule has 0 bridgehead atoms. The van der Waals surface area contributed by atoms with Crippen molar-refractivity contribution >= 4 is 21.8 Å². The first-order valence-corrected chi connectivity index (χ1v) is 5.60. The number of nitrogens with two attached hydrogens (primary N) is 1. The van der Waals surface area contributed by atoms with Gasteiger partial charge in [0.15, 0.2) is 17.4 Å². The summed E-state index contributed by atoms with van der Waals surface area (Å²) < 4.78 is 18.9. The summed E-state index contributed by atoms with van der Waals surface area (Å²) in [6.07, 6.45) is 0.416. The molecule has 7 heteroatoms. The van der Waals surface area contributed by atoms with Crippen LogP contribution in [0.25, 0.3) is 0 Å². The first kappa shape index (κ1) is 13.7. The molecule has 0 saturated heterocycles. The van der Waals surface area contributed by atoms with Gasteiger partial charge in [-0.15, -0.1) is 0 Å². The van der Waals surface area contributed by atoms with Crippen LogP contribution in [-0.4, -0.2) is 29.4 Å². The van der Waals surface area contributed by atoms with E-state index in [1.54, 1.807) is 0 Å². The Balaban J connectivity index is 2.94. The monoisotopic (exact) mass is 306 g/mol. The van der Waals surface area contributed by atoms with E-state index in [2.05, 4.69) is 21.1 Å². The number of nitrogens with zero attached hydrogens (tertiary/aromatic N) is 1. The van der Waals surface area contributed by atoms with Gasteiger partial charge in [0.2, 0.25) is 0 Å². The number of halogens is 2. The Morgan fingerprint density at radius 3 is 2.82 bits per heavy atom. The number of aliphatic hydroxyl groups is 1. The third-order valence-corrected chi connectivity index (χ3v) is 2.77. The molecular formula is C10H12BrFN2O3. The molecule has 0 radical (unpaired) electrons. The van der Waals surface area contributed by atoms with Gasteiger partial charge in [-0.2, -0.15) is 0 Å². The summed E-state index contributed by atoms with van der Waals surface area (Å²) in [5.41, 5.74) is 5.60. The van der Waals surface area contributed by atoms with E-state index in [9.17, 15) is 4.39 Å². The minimum atomic E-state index is -0.632. The molecule has 5 nitrogen and oxygen atoms in total. The zero-order valence-corrected chi connectivity index (χ0v) is 10.4. The Labute approximate surface area is 106 Å². The van der Waals surface area contributed by atoms with E-state index in [1.165, 1.54) is 12.1 Å². The highest BCUT2D eigenvalue weighted by atomic mass is 79.9. The second-order valence-electron chi connectivity index (χ2n) is 3.15. The number of rotatable bonds is 5. The molecule has 1 aromatic carbocycles. The zero-order chi connectivity index (χ0) is 12.8. The predicted octanol–water partition coefficient (Wildman–Crippen LogP) is 1.44. The van der Waals surface area contributed by atoms with Crippen molar-refractivity contribution in [3.63, 3.8) is 0 Å². The highest BCUT2D eigenvalue weighted by Crippen LogP contribution is 2.28. The minimum absolute atomic E-state index is 0.0228. The number of oxime groups is 1. The molecule has 0 aliphatic carbocycles. The van der Waals surface area contributed by atoms with Crippen molar-refractivity contribution in [2.24, 2.45) is 10.9 Å².